The third-order valence-corrected chi connectivity index (χ3v) is 7.11. The molecule has 0 saturated heterocycles. The summed E-state index contributed by atoms with van der Waals surface area (Å²) in [6.45, 7) is 1.57. The molecule has 192 valence electrons. The number of rotatable bonds is 13. The van der Waals surface area contributed by atoms with E-state index in [2.05, 4.69) is 31.3 Å². The minimum absolute atomic E-state index is 0.0416. The molecule has 2 unspecified atom stereocenters. The number of nitrogens with zero attached hydrogens (tertiary/aromatic N) is 1. The monoisotopic (exact) mass is 577 g/mol. The Morgan fingerprint density at radius 3 is 2.33 bits per heavy atom. The second-order valence-electron chi connectivity index (χ2n) is 8.00. The molecule has 36 heavy (non-hydrogen) atoms. The highest BCUT2D eigenvalue weighted by atomic mass is 79.9. The lowest BCUT2D eigenvalue weighted by Gasteiger charge is -2.23. The van der Waals surface area contributed by atoms with Crippen LogP contribution in [0.5, 0.6) is 0 Å². The summed E-state index contributed by atoms with van der Waals surface area (Å²) in [5.74, 6) is -2.15. The van der Waals surface area contributed by atoms with E-state index in [1.165, 1.54) is 6.92 Å². The molecule has 5 N–H and O–H groups in total. The zero-order valence-corrected chi connectivity index (χ0v) is 22.1. The lowest BCUT2D eigenvalue weighted by Crippen LogP contribution is -2.54. The standard InChI is InChI=1S/C24H28BrN5O5S/c1-2-36(34,35)30-21(13-18-4-3-5-19(25)12-18)24(33)29-20(10-11-22(27)31)23(32)28-15-17-8-6-16(14-26)7-9-17/h3-9,12,20-21,30H,2,10-11,13,15H2,1H3,(H2,27,31)(H,28,32)(H,29,33). The Hall–Kier alpha value is -3.27. The summed E-state index contributed by atoms with van der Waals surface area (Å²) < 4.78 is 27.6. The molecule has 10 nitrogen and oxygen atoms in total. The van der Waals surface area contributed by atoms with Gasteiger partial charge in [-0.3, -0.25) is 14.4 Å². The molecular weight excluding hydrogens is 550 g/mol. The SMILES string of the molecule is CCS(=O)(=O)NC(Cc1cccc(Br)c1)C(=O)NC(CCC(N)=O)C(=O)NCc1ccc(C#N)cc1. The molecule has 0 heterocycles. The van der Waals surface area contributed by atoms with E-state index in [1.807, 2.05) is 6.07 Å². The molecule has 3 amide bonds. The first-order chi connectivity index (χ1) is 17.0. The van der Waals surface area contributed by atoms with Crippen LogP contribution in [0.25, 0.3) is 0 Å². The predicted octanol–water partition coefficient (Wildman–Crippen LogP) is 1.24. The second-order valence-corrected chi connectivity index (χ2v) is 11.0. The first-order valence-corrected chi connectivity index (χ1v) is 13.6. The smallest absolute Gasteiger partial charge is 0.242 e. The number of nitrogens with one attached hydrogen (secondary N) is 3. The molecule has 0 saturated carbocycles. The van der Waals surface area contributed by atoms with E-state index in [9.17, 15) is 22.8 Å². The summed E-state index contributed by atoms with van der Waals surface area (Å²) in [6, 6.07) is 13.4. The molecule has 0 radical (unpaired) electrons. The van der Waals surface area contributed by atoms with Gasteiger partial charge in [-0.05, 0) is 55.2 Å². The molecule has 2 aromatic carbocycles. The summed E-state index contributed by atoms with van der Waals surface area (Å²) in [7, 11) is -3.75. The van der Waals surface area contributed by atoms with Crippen LogP contribution in [0.2, 0.25) is 0 Å². The molecule has 0 bridgehead atoms. The molecule has 0 aliphatic rings. The van der Waals surface area contributed by atoms with Crippen molar-refractivity contribution in [3.63, 3.8) is 0 Å². The van der Waals surface area contributed by atoms with Crippen LogP contribution < -0.4 is 21.1 Å². The van der Waals surface area contributed by atoms with Crippen molar-refractivity contribution < 1.29 is 22.8 Å². The summed E-state index contributed by atoms with van der Waals surface area (Å²) >= 11 is 3.35. The van der Waals surface area contributed by atoms with Gasteiger partial charge in [0.05, 0.1) is 17.4 Å². The highest BCUT2D eigenvalue weighted by Gasteiger charge is 2.28. The maximum Gasteiger partial charge on any atom is 0.242 e. The van der Waals surface area contributed by atoms with Crippen molar-refractivity contribution >= 4 is 43.7 Å². The number of primary amides is 1. The minimum atomic E-state index is -3.75. The second kappa shape index (κ2) is 13.7. The van der Waals surface area contributed by atoms with Crippen molar-refractivity contribution in [2.24, 2.45) is 5.73 Å². The molecule has 2 rings (SSSR count). The van der Waals surface area contributed by atoms with Crippen molar-refractivity contribution in [3.8, 4) is 6.07 Å². The summed E-state index contributed by atoms with van der Waals surface area (Å²) in [6.07, 6.45) is -0.184. The molecule has 2 atom stereocenters. The number of amides is 3. The number of nitriles is 1. The van der Waals surface area contributed by atoms with Crippen molar-refractivity contribution in [2.75, 3.05) is 5.75 Å². The first kappa shape index (κ1) is 29.0. The van der Waals surface area contributed by atoms with Gasteiger partial charge in [-0.2, -0.15) is 5.26 Å². The Morgan fingerprint density at radius 1 is 1.06 bits per heavy atom. The number of nitrogens with two attached hydrogens (primary N) is 1. The Labute approximate surface area is 218 Å². The van der Waals surface area contributed by atoms with Crippen LogP contribution in [0.3, 0.4) is 0 Å². The fourth-order valence-electron chi connectivity index (χ4n) is 3.22. The van der Waals surface area contributed by atoms with Crippen LogP contribution in [-0.4, -0.2) is 44.0 Å². The van der Waals surface area contributed by atoms with Gasteiger partial charge < -0.3 is 16.4 Å². The van der Waals surface area contributed by atoms with E-state index in [4.69, 9.17) is 11.0 Å². The normalized spacial score (nSPS) is 12.7. The Kier molecular flexibility index (Phi) is 11.0. The number of sulfonamides is 1. The number of hydrogen-bond donors (Lipinski definition) is 4. The zero-order valence-electron chi connectivity index (χ0n) is 19.7. The molecule has 0 aliphatic heterocycles. The summed E-state index contributed by atoms with van der Waals surface area (Å²) in [4.78, 5) is 37.4. The third-order valence-electron chi connectivity index (χ3n) is 5.21. The fraction of sp³-hybridized carbons (Fsp3) is 0.333. The van der Waals surface area contributed by atoms with E-state index < -0.39 is 39.8 Å². The molecule has 0 aromatic heterocycles. The number of carbonyl (C=O) groups is 3. The van der Waals surface area contributed by atoms with Gasteiger partial charge in [-0.15, -0.1) is 0 Å². The van der Waals surface area contributed by atoms with E-state index in [0.717, 1.165) is 10.0 Å². The van der Waals surface area contributed by atoms with Crippen LogP contribution in [-0.2, 0) is 37.4 Å². The van der Waals surface area contributed by atoms with Crippen molar-refractivity contribution in [1.29, 1.82) is 5.26 Å². The average molecular weight is 578 g/mol. The topological polar surface area (TPSA) is 171 Å². The quantitative estimate of drug-likeness (QED) is 0.279. The van der Waals surface area contributed by atoms with E-state index >= 15 is 0 Å². The third kappa shape index (κ3) is 9.77. The summed E-state index contributed by atoms with van der Waals surface area (Å²) in [5, 5.41) is 14.2. The van der Waals surface area contributed by atoms with Gasteiger partial charge in [0.2, 0.25) is 27.7 Å². The van der Waals surface area contributed by atoms with Crippen LogP contribution in [0.4, 0.5) is 0 Å². The first-order valence-electron chi connectivity index (χ1n) is 11.1. The number of benzene rings is 2. The van der Waals surface area contributed by atoms with E-state index in [-0.39, 0.29) is 31.6 Å². The number of carbonyl (C=O) groups excluding carboxylic acids is 3. The van der Waals surface area contributed by atoms with Crippen molar-refractivity contribution in [2.45, 2.75) is 44.8 Å². The van der Waals surface area contributed by atoms with Crippen LogP contribution in [0, 0.1) is 11.3 Å². The summed E-state index contributed by atoms with van der Waals surface area (Å²) in [5.41, 5.74) is 7.13. The van der Waals surface area contributed by atoms with E-state index in [1.54, 1.807) is 48.5 Å². The van der Waals surface area contributed by atoms with Gasteiger partial charge in [0, 0.05) is 17.4 Å². The Bertz CT molecular complexity index is 1230. The minimum Gasteiger partial charge on any atom is -0.370 e. The maximum absolute atomic E-state index is 13.2. The van der Waals surface area contributed by atoms with Crippen LogP contribution in [0.15, 0.2) is 53.0 Å². The van der Waals surface area contributed by atoms with Gasteiger partial charge in [0.25, 0.3) is 0 Å². The Balaban J connectivity index is 2.18. The average Bonchev–Trinajstić information content (AvgIpc) is 2.84. The zero-order chi connectivity index (χ0) is 26.7. The van der Waals surface area contributed by atoms with Gasteiger partial charge in [-0.1, -0.05) is 40.2 Å². The largest absolute Gasteiger partial charge is 0.370 e. The van der Waals surface area contributed by atoms with Gasteiger partial charge >= 0.3 is 0 Å². The van der Waals surface area contributed by atoms with Gasteiger partial charge in [0.15, 0.2) is 0 Å². The van der Waals surface area contributed by atoms with Crippen molar-refractivity contribution in [1.82, 2.24) is 15.4 Å². The highest BCUT2D eigenvalue weighted by molar-refractivity contribution is 9.10. The molecule has 2 aromatic rings. The number of hydrogen-bond acceptors (Lipinski definition) is 6. The predicted molar refractivity (Wildman–Crippen MR) is 138 cm³/mol. The fourth-order valence-corrected chi connectivity index (χ4v) is 4.46. The van der Waals surface area contributed by atoms with Gasteiger partial charge in [0.1, 0.15) is 12.1 Å². The lowest BCUT2D eigenvalue weighted by molar-refractivity contribution is -0.130. The molecule has 12 heteroatoms. The van der Waals surface area contributed by atoms with Crippen LogP contribution >= 0.6 is 15.9 Å². The Morgan fingerprint density at radius 2 is 1.75 bits per heavy atom. The lowest BCUT2D eigenvalue weighted by atomic mass is 10.0. The van der Waals surface area contributed by atoms with Crippen molar-refractivity contribution in [3.05, 3.63) is 69.7 Å². The molecule has 0 aliphatic carbocycles. The van der Waals surface area contributed by atoms with E-state index in [0.29, 0.717) is 11.1 Å². The highest BCUT2D eigenvalue weighted by Crippen LogP contribution is 2.14. The van der Waals surface area contributed by atoms with Crippen LogP contribution in [0.1, 0.15) is 36.5 Å². The molecule has 0 spiro atoms. The maximum atomic E-state index is 13.2. The molecule has 0 fully saturated rings. The van der Waals surface area contributed by atoms with Gasteiger partial charge in [-0.25, -0.2) is 13.1 Å². The molecular formula is C24H28BrN5O5S. The number of halogens is 1.